The first-order valence-corrected chi connectivity index (χ1v) is 6.13. The summed E-state index contributed by atoms with van der Waals surface area (Å²) in [6, 6.07) is 8.46. The van der Waals surface area contributed by atoms with E-state index in [4.69, 9.17) is 27.9 Å². The number of nitrogens with zero attached hydrogens (tertiary/aromatic N) is 1. The highest BCUT2D eigenvalue weighted by atomic mass is 35.5. The van der Waals surface area contributed by atoms with Crippen LogP contribution in [0.1, 0.15) is 10.4 Å². The van der Waals surface area contributed by atoms with E-state index in [9.17, 15) is 14.9 Å². The van der Waals surface area contributed by atoms with Crippen molar-refractivity contribution in [2.24, 2.45) is 0 Å². The standard InChI is InChI=1S/C13H7Cl2NO4/c14-9-2-1-8(7-17)13(5-9)20-10-3-4-12(16(18)19)11(15)6-10/h1-7H. The van der Waals surface area contributed by atoms with Crippen LogP contribution in [0.15, 0.2) is 36.4 Å². The second-order valence-electron chi connectivity index (χ2n) is 3.77. The molecule has 0 aromatic heterocycles. The Balaban J connectivity index is 2.35. The third kappa shape index (κ3) is 3.07. The number of ether oxygens (including phenoxy) is 1. The number of benzene rings is 2. The molecule has 5 nitrogen and oxygen atoms in total. The topological polar surface area (TPSA) is 69.4 Å². The molecule has 0 unspecified atom stereocenters. The van der Waals surface area contributed by atoms with Gasteiger partial charge in [-0.1, -0.05) is 23.2 Å². The summed E-state index contributed by atoms with van der Waals surface area (Å²) in [5.74, 6) is 0.517. The van der Waals surface area contributed by atoms with Gasteiger partial charge in [-0.3, -0.25) is 14.9 Å². The number of hydrogen-bond donors (Lipinski definition) is 0. The van der Waals surface area contributed by atoms with Crippen LogP contribution < -0.4 is 4.74 Å². The van der Waals surface area contributed by atoms with Gasteiger partial charge in [0.1, 0.15) is 16.5 Å². The SMILES string of the molecule is O=Cc1ccc(Cl)cc1Oc1ccc([N+](=O)[O-])c(Cl)c1. The Kier molecular flexibility index (Phi) is 4.22. The molecule has 20 heavy (non-hydrogen) atoms. The lowest BCUT2D eigenvalue weighted by Gasteiger charge is -2.08. The lowest BCUT2D eigenvalue weighted by Crippen LogP contribution is -1.92. The Morgan fingerprint density at radius 3 is 2.50 bits per heavy atom. The van der Waals surface area contributed by atoms with Gasteiger partial charge in [0.15, 0.2) is 6.29 Å². The first kappa shape index (κ1) is 14.3. The summed E-state index contributed by atoms with van der Waals surface area (Å²) in [7, 11) is 0. The molecule has 0 spiro atoms. The molecule has 0 radical (unpaired) electrons. The van der Waals surface area contributed by atoms with Crippen LogP contribution >= 0.6 is 23.2 Å². The Bertz CT molecular complexity index is 688. The molecule has 0 fully saturated rings. The minimum atomic E-state index is -0.595. The van der Waals surface area contributed by atoms with Gasteiger partial charge in [-0.05, 0) is 18.2 Å². The maximum atomic E-state index is 10.9. The largest absolute Gasteiger partial charge is 0.457 e. The van der Waals surface area contributed by atoms with Crippen molar-refractivity contribution in [2.45, 2.75) is 0 Å². The van der Waals surface area contributed by atoms with Crippen LogP contribution in [0.25, 0.3) is 0 Å². The van der Waals surface area contributed by atoms with E-state index in [0.717, 1.165) is 0 Å². The summed E-state index contributed by atoms with van der Waals surface area (Å²) in [5, 5.41) is 11.0. The molecule has 7 heteroatoms. The van der Waals surface area contributed by atoms with E-state index in [2.05, 4.69) is 0 Å². The van der Waals surface area contributed by atoms with Gasteiger partial charge in [-0.25, -0.2) is 0 Å². The maximum absolute atomic E-state index is 10.9. The van der Waals surface area contributed by atoms with E-state index >= 15 is 0 Å². The normalized spacial score (nSPS) is 10.1. The Morgan fingerprint density at radius 2 is 1.90 bits per heavy atom. The molecule has 2 aromatic rings. The van der Waals surface area contributed by atoms with E-state index < -0.39 is 4.92 Å². The van der Waals surface area contributed by atoms with Crippen molar-refractivity contribution in [1.29, 1.82) is 0 Å². The summed E-state index contributed by atoms with van der Waals surface area (Å²) < 4.78 is 5.47. The molecule has 2 aromatic carbocycles. The monoisotopic (exact) mass is 311 g/mol. The molecule has 0 aliphatic rings. The van der Waals surface area contributed by atoms with E-state index in [-0.39, 0.29) is 22.2 Å². The minimum absolute atomic E-state index is 0.0535. The summed E-state index contributed by atoms with van der Waals surface area (Å²) >= 11 is 11.6. The highest BCUT2D eigenvalue weighted by Gasteiger charge is 2.13. The van der Waals surface area contributed by atoms with Crippen LogP contribution in [0.3, 0.4) is 0 Å². The molecule has 0 heterocycles. The molecular weight excluding hydrogens is 305 g/mol. The van der Waals surface area contributed by atoms with Gasteiger partial charge in [-0.15, -0.1) is 0 Å². The molecule has 0 amide bonds. The summed E-state index contributed by atoms with van der Waals surface area (Å²) in [5.41, 5.74) is 0.0876. The van der Waals surface area contributed by atoms with Crippen molar-refractivity contribution in [2.75, 3.05) is 0 Å². The van der Waals surface area contributed by atoms with Crippen LogP contribution in [0, 0.1) is 10.1 Å². The second-order valence-corrected chi connectivity index (χ2v) is 4.62. The second kappa shape index (κ2) is 5.90. The van der Waals surface area contributed by atoms with Crippen LogP contribution in [0.2, 0.25) is 10.0 Å². The molecule has 102 valence electrons. The predicted octanol–water partition coefficient (Wildman–Crippen LogP) is 4.51. The maximum Gasteiger partial charge on any atom is 0.288 e. The number of nitro groups is 1. The zero-order chi connectivity index (χ0) is 14.7. The number of hydrogen-bond acceptors (Lipinski definition) is 4. The third-order valence-electron chi connectivity index (χ3n) is 2.45. The van der Waals surface area contributed by atoms with Crippen molar-refractivity contribution < 1.29 is 14.5 Å². The quantitative estimate of drug-likeness (QED) is 0.473. The van der Waals surface area contributed by atoms with Gasteiger partial charge in [-0.2, -0.15) is 0 Å². The summed E-state index contributed by atoms with van der Waals surface area (Å²) in [4.78, 5) is 21.0. The fourth-order valence-corrected chi connectivity index (χ4v) is 1.92. The molecule has 0 saturated heterocycles. The fourth-order valence-electron chi connectivity index (χ4n) is 1.52. The van der Waals surface area contributed by atoms with Crippen LogP contribution in [-0.4, -0.2) is 11.2 Å². The Hall–Kier alpha value is -2.11. The molecule has 2 rings (SSSR count). The van der Waals surface area contributed by atoms with Crippen molar-refractivity contribution in [3.05, 3.63) is 62.1 Å². The molecule has 0 bridgehead atoms. The van der Waals surface area contributed by atoms with Crippen LogP contribution in [0.5, 0.6) is 11.5 Å². The van der Waals surface area contributed by atoms with Crippen LogP contribution in [0.4, 0.5) is 5.69 Å². The zero-order valence-electron chi connectivity index (χ0n) is 9.88. The van der Waals surface area contributed by atoms with E-state index in [1.54, 1.807) is 6.07 Å². The highest BCUT2D eigenvalue weighted by Crippen LogP contribution is 2.32. The van der Waals surface area contributed by atoms with E-state index in [1.807, 2.05) is 0 Å². The highest BCUT2D eigenvalue weighted by molar-refractivity contribution is 6.32. The molecule has 0 aliphatic carbocycles. The number of nitro benzene ring substituents is 1. The van der Waals surface area contributed by atoms with Gasteiger partial charge < -0.3 is 4.74 Å². The van der Waals surface area contributed by atoms with Crippen molar-refractivity contribution in [1.82, 2.24) is 0 Å². The summed E-state index contributed by atoms with van der Waals surface area (Å²) in [6.07, 6.45) is 0.624. The average Bonchev–Trinajstić information content (AvgIpc) is 2.38. The number of aldehydes is 1. The smallest absolute Gasteiger partial charge is 0.288 e. The molecule has 0 atom stereocenters. The number of rotatable bonds is 4. The summed E-state index contributed by atoms with van der Waals surface area (Å²) in [6.45, 7) is 0. The first-order valence-electron chi connectivity index (χ1n) is 5.38. The Labute approximate surface area is 123 Å². The minimum Gasteiger partial charge on any atom is -0.457 e. The lowest BCUT2D eigenvalue weighted by atomic mass is 10.2. The molecule has 0 aliphatic heterocycles. The molecule has 0 saturated carbocycles. The fraction of sp³-hybridized carbons (Fsp3) is 0. The van der Waals surface area contributed by atoms with Gasteiger partial charge in [0.2, 0.25) is 0 Å². The third-order valence-corrected chi connectivity index (χ3v) is 2.98. The van der Waals surface area contributed by atoms with Crippen molar-refractivity contribution >= 4 is 35.2 Å². The van der Waals surface area contributed by atoms with Crippen LogP contribution in [-0.2, 0) is 0 Å². The molecular formula is C13H7Cl2NO4. The van der Waals surface area contributed by atoms with Crippen molar-refractivity contribution in [3.63, 3.8) is 0 Å². The van der Waals surface area contributed by atoms with Gasteiger partial charge in [0, 0.05) is 23.2 Å². The first-order chi connectivity index (χ1) is 9.51. The van der Waals surface area contributed by atoms with Crippen molar-refractivity contribution in [3.8, 4) is 11.5 Å². The van der Waals surface area contributed by atoms with Gasteiger partial charge in [0.05, 0.1) is 10.5 Å². The lowest BCUT2D eigenvalue weighted by molar-refractivity contribution is -0.384. The Morgan fingerprint density at radius 1 is 1.15 bits per heavy atom. The number of carbonyl (C=O) groups is 1. The van der Waals surface area contributed by atoms with Gasteiger partial charge in [0.25, 0.3) is 5.69 Å². The predicted molar refractivity (Wildman–Crippen MR) is 75.0 cm³/mol. The zero-order valence-corrected chi connectivity index (χ0v) is 11.4. The number of halogens is 2. The average molecular weight is 312 g/mol. The molecule has 0 N–H and O–H groups in total. The van der Waals surface area contributed by atoms with Gasteiger partial charge >= 0.3 is 0 Å². The van der Waals surface area contributed by atoms with E-state index in [0.29, 0.717) is 16.9 Å². The van der Waals surface area contributed by atoms with E-state index in [1.165, 1.54) is 30.3 Å². The number of carbonyl (C=O) groups excluding carboxylic acids is 1.